The lowest BCUT2D eigenvalue weighted by atomic mass is 9.70. The van der Waals surface area contributed by atoms with Crippen molar-refractivity contribution in [1.29, 1.82) is 0 Å². The fourth-order valence-electron chi connectivity index (χ4n) is 5.28. The standard InChI is InChI=1S/C27H30N8O/c1-5-35-23(18-12-28-16(2)29-13-18)34-22-21(30-15-31-24(22)35)17-7-8-20-19(11-17)27(4,25(36)33-20)32-14-26(3)9-6-10-26/h7-8,11-13,15,32H,5-6,9-10,14H2,1-4H3,(H,33,36)/t27-/m0/s1. The molecule has 1 saturated carbocycles. The maximum atomic E-state index is 13.1. The van der Waals surface area contributed by atoms with E-state index < -0.39 is 5.54 Å². The highest BCUT2D eigenvalue weighted by Crippen LogP contribution is 2.43. The number of nitrogens with zero attached hydrogens (tertiary/aromatic N) is 6. The molecule has 1 aliphatic carbocycles. The van der Waals surface area contributed by atoms with Crippen molar-refractivity contribution in [2.75, 3.05) is 11.9 Å². The van der Waals surface area contributed by atoms with Gasteiger partial charge in [-0.15, -0.1) is 0 Å². The Morgan fingerprint density at radius 3 is 2.56 bits per heavy atom. The van der Waals surface area contributed by atoms with E-state index in [1.807, 2.05) is 26.0 Å². The molecular formula is C27H30N8O. The molecule has 36 heavy (non-hydrogen) atoms. The third kappa shape index (κ3) is 3.49. The number of rotatable bonds is 6. The summed E-state index contributed by atoms with van der Waals surface area (Å²) in [6.45, 7) is 9.68. The van der Waals surface area contributed by atoms with Crippen LogP contribution >= 0.6 is 0 Å². The van der Waals surface area contributed by atoms with Gasteiger partial charge < -0.3 is 9.88 Å². The molecule has 0 saturated heterocycles. The number of hydrogen-bond acceptors (Lipinski definition) is 7. The highest BCUT2D eigenvalue weighted by atomic mass is 16.2. The molecule has 0 unspecified atom stereocenters. The smallest absolute Gasteiger partial charge is 0.249 e. The molecule has 1 amide bonds. The molecule has 6 rings (SSSR count). The van der Waals surface area contributed by atoms with Crippen LogP contribution in [0.1, 0.15) is 51.4 Å². The summed E-state index contributed by atoms with van der Waals surface area (Å²) in [6, 6.07) is 6.00. The van der Waals surface area contributed by atoms with Gasteiger partial charge in [0.2, 0.25) is 5.91 Å². The second-order valence-electron chi connectivity index (χ2n) is 10.5. The van der Waals surface area contributed by atoms with E-state index in [1.54, 1.807) is 18.7 Å². The second kappa shape index (κ2) is 8.16. The highest BCUT2D eigenvalue weighted by molar-refractivity contribution is 6.06. The Morgan fingerprint density at radius 2 is 1.86 bits per heavy atom. The lowest BCUT2D eigenvalue weighted by molar-refractivity contribution is -0.121. The summed E-state index contributed by atoms with van der Waals surface area (Å²) in [5.74, 6) is 1.44. The molecule has 184 valence electrons. The zero-order valence-electron chi connectivity index (χ0n) is 21.1. The minimum absolute atomic E-state index is 0.0256. The number of carbonyl (C=O) groups is 1. The van der Waals surface area contributed by atoms with E-state index in [-0.39, 0.29) is 11.3 Å². The summed E-state index contributed by atoms with van der Waals surface area (Å²) < 4.78 is 2.05. The first-order valence-electron chi connectivity index (χ1n) is 12.5. The monoisotopic (exact) mass is 482 g/mol. The number of aromatic nitrogens is 6. The zero-order chi connectivity index (χ0) is 25.1. The normalized spacial score (nSPS) is 20.3. The first kappa shape index (κ1) is 22.7. The molecule has 0 radical (unpaired) electrons. The lowest BCUT2D eigenvalue weighted by Crippen LogP contribution is -2.50. The van der Waals surface area contributed by atoms with E-state index in [9.17, 15) is 4.79 Å². The van der Waals surface area contributed by atoms with E-state index in [0.717, 1.165) is 46.1 Å². The number of imidazole rings is 1. The molecule has 4 heterocycles. The molecule has 9 nitrogen and oxygen atoms in total. The van der Waals surface area contributed by atoms with Crippen LogP contribution in [0.25, 0.3) is 33.8 Å². The molecule has 1 aliphatic heterocycles. The molecule has 4 aromatic rings. The molecule has 2 N–H and O–H groups in total. The van der Waals surface area contributed by atoms with E-state index in [0.29, 0.717) is 17.9 Å². The number of amides is 1. The summed E-state index contributed by atoms with van der Waals surface area (Å²) >= 11 is 0. The van der Waals surface area contributed by atoms with Crippen LogP contribution in [0.4, 0.5) is 5.69 Å². The van der Waals surface area contributed by atoms with Gasteiger partial charge in [0.25, 0.3) is 0 Å². The molecular weight excluding hydrogens is 452 g/mol. The minimum atomic E-state index is -0.802. The Morgan fingerprint density at radius 1 is 1.08 bits per heavy atom. The summed E-state index contributed by atoms with van der Waals surface area (Å²) in [6.07, 6.45) is 8.79. The van der Waals surface area contributed by atoms with Crippen LogP contribution in [0.15, 0.2) is 36.9 Å². The van der Waals surface area contributed by atoms with Gasteiger partial charge in [-0.05, 0) is 51.2 Å². The average molecular weight is 483 g/mol. The maximum Gasteiger partial charge on any atom is 0.249 e. The van der Waals surface area contributed by atoms with Crippen molar-refractivity contribution in [3.05, 3.63) is 48.3 Å². The Balaban J connectivity index is 1.44. The van der Waals surface area contributed by atoms with Gasteiger partial charge in [-0.1, -0.05) is 19.4 Å². The molecule has 1 atom stereocenters. The van der Waals surface area contributed by atoms with Gasteiger partial charge in [0.15, 0.2) is 5.65 Å². The predicted molar refractivity (Wildman–Crippen MR) is 138 cm³/mol. The van der Waals surface area contributed by atoms with Gasteiger partial charge in [0.1, 0.15) is 34.7 Å². The van der Waals surface area contributed by atoms with Gasteiger partial charge in [-0.2, -0.15) is 0 Å². The Labute approximate surface area is 209 Å². The molecule has 3 aromatic heterocycles. The first-order chi connectivity index (χ1) is 17.3. The molecule has 0 bridgehead atoms. The van der Waals surface area contributed by atoms with Crippen molar-refractivity contribution in [1.82, 2.24) is 34.8 Å². The molecule has 1 aromatic carbocycles. The molecule has 1 fully saturated rings. The summed E-state index contributed by atoms with van der Waals surface area (Å²) in [5.41, 5.74) is 5.15. The molecule has 2 aliphatic rings. The van der Waals surface area contributed by atoms with E-state index in [1.165, 1.54) is 19.3 Å². The largest absolute Gasteiger partial charge is 0.324 e. The fourth-order valence-corrected chi connectivity index (χ4v) is 5.28. The fraction of sp³-hybridized carbons (Fsp3) is 0.407. The topological polar surface area (TPSA) is 111 Å². The number of aryl methyl sites for hydroxylation is 2. The van der Waals surface area contributed by atoms with Crippen molar-refractivity contribution in [2.24, 2.45) is 5.41 Å². The van der Waals surface area contributed by atoms with Gasteiger partial charge in [0, 0.05) is 42.3 Å². The number of fused-ring (bicyclic) bond motifs is 2. The third-order valence-electron chi connectivity index (χ3n) is 7.85. The van der Waals surface area contributed by atoms with Crippen LogP contribution < -0.4 is 10.6 Å². The maximum absolute atomic E-state index is 13.1. The SMILES string of the molecule is CCn1c(-c2cnc(C)nc2)nc2c(-c3ccc4c(c3)[C@](C)(NCC3(C)CCC3)C(=O)N4)ncnc21. The number of carbonyl (C=O) groups excluding carboxylic acids is 1. The quantitative estimate of drug-likeness (QED) is 0.423. The number of hydrogen-bond donors (Lipinski definition) is 2. The Kier molecular flexibility index (Phi) is 5.15. The van der Waals surface area contributed by atoms with Crippen LogP contribution in [0.5, 0.6) is 0 Å². The van der Waals surface area contributed by atoms with E-state index in [2.05, 4.69) is 55.1 Å². The number of anilines is 1. The Bertz CT molecular complexity index is 1490. The van der Waals surface area contributed by atoms with Crippen molar-refractivity contribution in [3.8, 4) is 22.6 Å². The van der Waals surface area contributed by atoms with Crippen LogP contribution in [-0.4, -0.2) is 41.9 Å². The minimum Gasteiger partial charge on any atom is -0.324 e. The molecule has 0 spiro atoms. The third-order valence-corrected chi connectivity index (χ3v) is 7.85. The second-order valence-corrected chi connectivity index (χ2v) is 10.5. The number of nitrogens with one attached hydrogen (secondary N) is 2. The Hall–Kier alpha value is -3.72. The van der Waals surface area contributed by atoms with Crippen LogP contribution in [0, 0.1) is 12.3 Å². The van der Waals surface area contributed by atoms with Crippen LogP contribution in [0.2, 0.25) is 0 Å². The van der Waals surface area contributed by atoms with Gasteiger partial charge >= 0.3 is 0 Å². The summed E-state index contributed by atoms with van der Waals surface area (Å²) in [7, 11) is 0. The highest BCUT2D eigenvalue weighted by Gasteiger charge is 2.44. The lowest BCUT2D eigenvalue weighted by Gasteiger charge is -2.41. The van der Waals surface area contributed by atoms with Crippen molar-refractivity contribution >= 4 is 22.8 Å². The van der Waals surface area contributed by atoms with Crippen molar-refractivity contribution in [3.63, 3.8) is 0 Å². The van der Waals surface area contributed by atoms with Gasteiger partial charge in [0.05, 0.1) is 5.56 Å². The van der Waals surface area contributed by atoms with Gasteiger partial charge in [-0.3, -0.25) is 10.1 Å². The average Bonchev–Trinajstić information content (AvgIpc) is 3.36. The van der Waals surface area contributed by atoms with Crippen molar-refractivity contribution in [2.45, 2.75) is 59.0 Å². The summed E-state index contributed by atoms with van der Waals surface area (Å²) in [5, 5.41) is 6.65. The molecule has 9 heteroatoms. The van der Waals surface area contributed by atoms with Crippen LogP contribution in [0.3, 0.4) is 0 Å². The number of benzene rings is 1. The van der Waals surface area contributed by atoms with Crippen LogP contribution in [-0.2, 0) is 16.9 Å². The zero-order valence-corrected chi connectivity index (χ0v) is 21.1. The van der Waals surface area contributed by atoms with E-state index in [4.69, 9.17) is 4.98 Å². The van der Waals surface area contributed by atoms with Gasteiger partial charge in [-0.25, -0.2) is 24.9 Å². The van der Waals surface area contributed by atoms with E-state index >= 15 is 0 Å². The predicted octanol–water partition coefficient (Wildman–Crippen LogP) is 4.23. The first-order valence-corrected chi connectivity index (χ1v) is 12.5. The van der Waals surface area contributed by atoms with Crippen molar-refractivity contribution < 1.29 is 4.79 Å². The summed E-state index contributed by atoms with van der Waals surface area (Å²) in [4.78, 5) is 35.9.